The van der Waals surface area contributed by atoms with Crippen LogP contribution in [0, 0.1) is 0 Å². The van der Waals surface area contributed by atoms with Gasteiger partial charge in [-0.05, 0) is 36.4 Å². The van der Waals surface area contributed by atoms with Crippen LogP contribution in [0.5, 0.6) is 11.5 Å². The van der Waals surface area contributed by atoms with Crippen molar-refractivity contribution in [3.05, 3.63) is 78.5 Å². The number of ether oxygens (including phenoxy) is 1. The first kappa shape index (κ1) is 17.2. The fourth-order valence-electron chi connectivity index (χ4n) is 3.19. The van der Waals surface area contributed by atoms with Gasteiger partial charge >= 0.3 is 0 Å². The highest BCUT2D eigenvalue weighted by Gasteiger charge is 2.17. The second-order valence-electron chi connectivity index (χ2n) is 6.75. The van der Waals surface area contributed by atoms with Crippen LogP contribution in [-0.2, 0) is 7.05 Å². The van der Waals surface area contributed by atoms with Crippen molar-refractivity contribution in [1.29, 1.82) is 0 Å². The van der Waals surface area contributed by atoms with Gasteiger partial charge in [0, 0.05) is 41.5 Å². The zero-order valence-corrected chi connectivity index (χ0v) is 15.6. The number of H-pyrrole nitrogens is 2. The minimum atomic E-state index is -0.919. The lowest BCUT2D eigenvalue weighted by atomic mass is 10.2. The van der Waals surface area contributed by atoms with Crippen molar-refractivity contribution in [3.63, 3.8) is 0 Å². The van der Waals surface area contributed by atoms with Crippen molar-refractivity contribution >= 4 is 10.9 Å². The molecule has 0 radical (unpaired) electrons. The second-order valence-corrected chi connectivity index (χ2v) is 6.75. The first-order chi connectivity index (χ1) is 14.2. The normalized spacial score (nSPS) is 12.3. The van der Waals surface area contributed by atoms with E-state index in [0.29, 0.717) is 23.0 Å². The highest BCUT2D eigenvalue weighted by atomic mass is 16.5. The van der Waals surface area contributed by atoms with Gasteiger partial charge in [-0.25, -0.2) is 4.98 Å². The molecule has 5 rings (SSSR count). The van der Waals surface area contributed by atoms with Gasteiger partial charge in [0.1, 0.15) is 17.6 Å². The predicted molar refractivity (Wildman–Crippen MR) is 107 cm³/mol. The summed E-state index contributed by atoms with van der Waals surface area (Å²) in [4.78, 5) is 7.60. The fourth-order valence-corrected chi connectivity index (χ4v) is 3.19. The number of aryl methyl sites for hydroxylation is 1. The molecule has 0 amide bonds. The Morgan fingerprint density at radius 3 is 2.86 bits per heavy atom. The number of hydrogen-bond donors (Lipinski definition) is 3. The van der Waals surface area contributed by atoms with Crippen molar-refractivity contribution in [2.45, 2.75) is 6.10 Å². The Morgan fingerprint density at radius 2 is 2.00 bits per heavy atom. The third kappa shape index (κ3) is 3.37. The molecule has 1 atom stereocenters. The molecule has 3 heterocycles. The van der Waals surface area contributed by atoms with E-state index in [0.717, 1.165) is 22.2 Å². The van der Waals surface area contributed by atoms with Crippen LogP contribution in [-0.4, -0.2) is 35.1 Å². The Morgan fingerprint density at radius 1 is 1.10 bits per heavy atom. The molecule has 0 saturated heterocycles. The molecule has 3 N–H and O–H groups in total. The summed E-state index contributed by atoms with van der Waals surface area (Å²) in [5.41, 5.74) is 2.49. The van der Waals surface area contributed by atoms with Gasteiger partial charge in [-0.15, -0.1) is 0 Å². The van der Waals surface area contributed by atoms with Crippen molar-refractivity contribution in [3.8, 4) is 22.9 Å². The summed E-state index contributed by atoms with van der Waals surface area (Å²) in [6, 6.07) is 15.4. The third-order valence-corrected chi connectivity index (χ3v) is 4.65. The van der Waals surface area contributed by atoms with Gasteiger partial charge in [-0.2, -0.15) is 10.2 Å². The summed E-state index contributed by atoms with van der Waals surface area (Å²) < 4.78 is 7.63. The molecule has 5 aromatic rings. The van der Waals surface area contributed by atoms with Crippen LogP contribution < -0.4 is 4.74 Å². The Hall–Kier alpha value is -3.91. The molecule has 144 valence electrons. The van der Waals surface area contributed by atoms with Crippen LogP contribution in [0.25, 0.3) is 22.3 Å². The van der Waals surface area contributed by atoms with E-state index in [1.807, 2.05) is 54.7 Å². The van der Waals surface area contributed by atoms with E-state index in [-0.39, 0.29) is 0 Å². The Labute approximate surface area is 165 Å². The van der Waals surface area contributed by atoms with Crippen molar-refractivity contribution < 1.29 is 9.84 Å². The molecule has 0 aliphatic heterocycles. The molecule has 8 nitrogen and oxygen atoms in total. The van der Waals surface area contributed by atoms with Crippen molar-refractivity contribution in [2.24, 2.45) is 7.05 Å². The maximum atomic E-state index is 10.5. The lowest BCUT2D eigenvalue weighted by Gasteiger charge is -2.07. The van der Waals surface area contributed by atoms with Gasteiger partial charge in [-0.1, -0.05) is 12.1 Å². The van der Waals surface area contributed by atoms with Crippen LogP contribution in [0.3, 0.4) is 0 Å². The van der Waals surface area contributed by atoms with Gasteiger partial charge in [0.15, 0.2) is 11.6 Å². The zero-order valence-electron chi connectivity index (χ0n) is 15.6. The minimum Gasteiger partial charge on any atom is -0.457 e. The standard InChI is InChI=1S/C21H18N6O2/c1-27-12-15(11-23-27)19(28)21-24-20(25-26-21)14-3-2-4-16(10-14)29-17-5-6-18-13(9-17)7-8-22-18/h2-12,19,22,28H,1H3,(H,24,25,26). The molecule has 0 fully saturated rings. The smallest absolute Gasteiger partial charge is 0.181 e. The largest absolute Gasteiger partial charge is 0.457 e. The predicted octanol–water partition coefficient (Wildman–Crippen LogP) is 3.56. The summed E-state index contributed by atoms with van der Waals surface area (Å²) in [5.74, 6) is 2.26. The summed E-state index contributed by atoms with van der Waals surface area (Å²) >= 11 is 0. The third-order valence-electron chi connectivity index (χ3n) is 4.65. The average Bonchev–Trinajstić information content (AvgIpc) is 3.48. The monoisotopic (exact) mass is 386 g/mol. The number of rotatable bonds is 5. The van der Waals surface area contributed by atoms with E-state index in [1.165, 1.54) is 0 Å². The van der Waals surface area contributed by atoms with Gasteiger partial charge in [0.05, 0.1) is 6.20 Å². The molecule has 0 saturated carbocycles. The molecule has 0 aliphatic rings. The van der Waals surface area contributed by atoms with E-state index in [9.17, 15) is 5.11 Å². The summed E-state index contributed by atoms with van der Waals surface area (Å²) in [5, 5.41) is 22.7. The fraction of sp³-hybridized carbons (Fsp3) is 0.0952. The van der Waals surface area contributed by atoms with Crippen LogP contribution >= 0.6 is 0 Å². The van der Waals surface area contributed by atoms with Gasteiger partial charge in [-0.3, -0.25) is 9.78 Å². The van der Waals surface area contributed by atoms with E-state index in [4.69, 9.17) is 4.74 Å². The minimum absolute atomic E-state index is 0.359. The van der Waals surface area contributed by atoms with E-state index in [2.05, 4.69) is 25.3 Å². The van der Waals surface area contributed by atoms with Crippen molar-refractivity contribution in [1.82, 2.24) is 29.9 Å². The number of hydrogen-bond acceptors (Lipinski definition) is 5. The zero-order chi connectivity index (χ0) is 19.8. The second kappa shape index (κ2) is 6.92. The van der Waals surface area contributed by atoms with E-state index in [1.54, 1.807) is 24.1 Å². The average molecular weight is 386 g/mol. The summed E-state index contributed by atoms with van der Waals surface area (Å²) in [6.07, 6.45) is 4.32. The quantitative estimate of drug-likeness (QED) is 0.428. The van der Waals surface area contributed by atoms with Crippen molar-refractivity contribution in [2.75, 3.05) is 0 Å². The number of benzene rings is 2. The van der Waals surface area contributed by atoms with E-state index >= 15 is 0 Å². The Bertz CT molecular complexity index is 1290. The first-order valence-corrected chi connectivity index (χ1v) is 9.10. The van der Waals surface area contributed by atoms with Crippen LogP contribution in [0.2, 0.25) is 0 Å². The number of nitrogens with one attached hydrogen (secondary N) is 2. The molecule has 3 aromatic heterocycles. The Kier molecular flexibility index (Phi) is 4.10. The maximum absolute atomic E-state index is 10.5. The van der Waals surface area contributed by atoms with Gasteiger partial charge in [0.25, 0.3) is 0 Å². The molecule has 0 bridgehead atoms. The van der Waals surface area contributed by atoms with Crippen LogP contribution in [0.1, 0.15) is 17.5 Å². The molecule has 0 spiro atoms. The number of aromatic amines is 2. The number of aliphatic hydroxyl groups excluding tert-OH is 1. The first-order valence-electron chi connectivity index (χ1n) is 9.10. The summed E-state index contributed by atoms with van der Waals surface area (Å²) in [7, 11) is 1.79. The van der Waals surface area contributed by atoms with Gasteiger partial charge in [0.2, 0.25) is 0 Å². The van der Waals surface area contributed by atoms with Crippen LogP contribution in [0.4, 0.5) is 0 Å². The highest BCUT2D eigenvalue weighted by molar-refractivity contribution is 5.80. The molecule has 2 aromatic carbocycles. The molecular weight excluding hydrogens is 368 g/mol. The number of nitrogens with zero attached hydrogens (tertiary/aromatic N) is 4. The molecule has 8 heteroatoms. The SMILES string of the molecule is Cn1cc(C(O)c2nc(-c3cccc(Oc4ccc5[nH]ccc5c4)c3)n[nH]2)cn1. The number of aliphatic hydroxyl groups is 1. The van der Waals surface area contributed by atoms with Gasteiger partial charge < -0.3 is 14.8 Å². The van der Waals surface area contributed by atoms with Crippen LogP contribution in [0.15, 0.2) is 67.1 Å². The molecule has 29 heavy (non-hydrogen) atoms. The molecular formula is C21H18N6O2. The summed E-state index contributed by atoms with van der Waals surface area (Å²) in [6.45, 7) is 0. The Balaban J connectivity index is 1.39. The lowest BCUT2D eigenvalue weighted by molar-refractivity contribution is 0.210. The topological polar surface area (TPSA) is 105 Å². The lowest BCUT2D eigenvalue weighted by Crippen LogP contribution is -2.01. The highest BCUT2D eigenvalue weighted by Crippen LogP contribution is 2.28. The molecule has 0 aliphatic carbocycles. The van der Waals surface area contributed by atoms with E-state index < -0.39 is 6.10 Å². The number of fused-ring (bicyclic) bond motifs is 1. The molecule has 1 unspecified atom stereocenters. The number of aromatic nitrogens is 6. The maximum Gasteiger partial charge on any atom is 0.181 e.